The molecular formula is C29H34N6O. The quantitative estimate of drug-likeness (QED) is 0.351. The molecule has 7 heteroatoms. The number of hydrogen-bond acceptors (Lipinski definition) is 5. The summed E-state index contributed by atoms with van der Waals surface area (Å²) < 4.78 is 0. The van der Waals surface area contributed by atoms with Crippen LogP contribution in [0.2, 0.25) is 0 Å². The summed E-state index contributed by atoms with van der Waals surface area (Å²) in [7, 11) is 0. The first-order chi connectivity index (χ1) is 17.7. The van der Waals surface area contributed by atoms with Crippen LogP contribution in [0.5, 0.6) is 0 Å². The molecule has 2 aliphatic carbocycles. The van der Waals surface area contributed by atoms with Gasteiger partial charge in [-0.1, -0.05) is 36.4 Å². The molecule has 1 aliphatic heterocycles. The zero-order valence-corrected chi connectivity index (χ0v) is 20.7. The van der Waals surface area contributed by atoms with Crippen LogP contribution in [-0.4, -0.2) is 52.2 Å². The summed E-state index contributed by atoms with van der Waals surface area (Å²) in [6.45, 7) is 4.25. The third-order valence-corrected chi connectivity index (χ3v) is 7.68. The van der Waals surface area contributed by atoms with Gasteiger partial charge in [0.05, 0.1) is 5.41 Å². The highest BCUT2D eigenvalue weighted by Crippen LogP contribution is 2.49. The number of carbonyl (C=O) groups excluding carboxylic acids is 1. The Morgan fingerprint density at radius 3 is 2.67 bits per heavy atom. The van der Waals surface area contributed by atoms with Crippen molar-refractivity contribution in [2.45, 2.75) is 49.9 Å². The van der Waals surface area contributed by atoms with E-state index in [1.54, 1.807) is 0 Å². The normalized spacial score (nSPS) is 19.0. The van der Waals surface area contributed by atoms with Gasteiger partial charge in [0, 0.05) is 42.5 Å². The molecule has 1 aromatic carbocycles. The standard InChI is InChI=1S/C29H34N6O/c36-28(32-27-19-25(33-34-27)21-8-9-21)29(12-13-29)24-7-5-6-22(18-24)23-10-11-26(31-20-23)30-14-1-2-15-35-16-3-4-17-35/h1-2,5-7,10-11,18-21H,3-4,8-9,12-17H2,(H,30,31)(H2,32,33,34,36)/b2-1+. The maximum absolute atomic E-state index is 13.2. The summed E-state index contributed by atoms with van der Waals surface area (Å²) in [6.07, 6.45) is 13.1. The Morgan fingerprint density at radius 2 is 1.92 bits per heavy atom. The lowest BCUT2D eigenvalue weighted by Crippen LogP contribution is -2.28. The van der Waals surface area contributed by atoms with Crippen LogP contribution >= 0.6 is 0 Å². The lowest BCUT2D eigenvalue weighted by atomic mass is 9.92. The molecule has 36 heavy (non-hydrogen) atoms. The average Bonchev–Trinajstić information content (AvgIpc) is 3.82. The van der Waals surface area contributed by atoms with Gasteiger partial charge < -0.3 is 10.6 Å². The van der Waals surface area contributed by atoms with Gasteiger partial charge in [0.2, 0.25) is 5.91 Å². The van der Waals surface area contributed by atoms with E-state index in [0.29, 0.717) is 11.7 Å². The van der Waals surface area contributed by atoms with Gasteiger partial charge in [-0.05, 0) is 74.9 Å². The summed E-state index contributed by atoms with van der Waals surface area (Å²) in [5.41, 5.74) is 3.84. The molecular weight excluding hydrogens is 448 g/mol. The van der Waals surface area contributed by atoms with Gasteiger partial charge in [-0.25, -0.2) is 4.98 Å². The molecule has 2 aromatic heterocycles. The van der Waals surface area contributed by atoms with E-state index in [2.05, 4.69) is 67.1 Å². The molecule has 6 rings (SSSR count). The van der Waals surface area contributed by atoms with Crippen LogP contribution in [0.3, 0.4) is 0 Å². The summed E-state index contributed by atoms with van der Waals surface area (Å²) in [5, 5.41) is 13.8. The molecule has 3 fully saturated rings. The number of aromatic nitrogens is 3. The molecule has 0 unspecified atom stereocenters. The maximum Gasteiger partial charge on any atom is 0.236 e. The van der Waals surface area contributed by atoms with Crippen molar-refractivity contribution in [1.29, 1.82) is 0 Å². The van der Waals surface area contributed by atoms with Gasteiger partial charge >= 0.3 is 0 Å². The number of H-pyrrole nitrogens is 1. The lowest BCUT2D eigenvalue weighted by Gasteiger charge is -2.16. The number of amides is 1. The largest absolute Gasteiger partial charge is 0.367 e. The van der Waals surface area contributed by atoms with Crippen LogP contribution in [-0.2, 0) is 10.2 Å². The highest BCUT2D eigenvalue weighted by atomic mass is 16.2. The number of pyridine rings is 1. The van der Waals surface area contributed by atoms with Crippen molar-refractivity contribution in [2.75, 3.05) is 36.8 Å². The van der Waals surface area contributed by atoms with E-state index < -0.39 is 5.41 Å². The van der Waals surface area contributed by atoms with Gasteiger partial charge in [0.1, 0.15) is 5.82 Å². The minimum atomic E-state index is -0.467. The van der Waals surface area contributed by atoms with Crippen molar-refractivity contribution in [3.63, 3.8) is 0 Å². The molecule has 186 valence electrons. The van der Waals surface area contributed by atoms with Crippen molar-refractivity contribution < 1.29 is 4.79 Å². The molecule has 0 atom stereocenters. The number of likely N-dealkylation sites (tertiary alicyclic amines) is 1. The first kappa shape index (κ1) is 23.0. The number of rotatable bonds is 10. The molecule has 3 aliphatic rings. The first-order valence-corrected chi connectivity index (χ1v) is 13.2. The Balaban J connectivity index is 1.07. The molecule has 1 saturated heterocycles. The predicted molar refractivity (Wildman–Crippen MR) is 143 cm³/mol. The van der Waals surface area contributed by atoms with Crippen LogP contribution in [0, 0.1) is 0 Å². The van der Waals surface area contributed by atoms with Crippen LogP contribution in [0.1, 0.15) is 55.7 Å². The topological polar surface area (TPSA) is 85.9 Å². The monoisotopic (exact) mass is 482 g/mol. The number of nitrogens with one attached hydrogen (secondary N) is 3. The van der Waals surface area contributed by atoms with E-state index in [9.17, 15) is 4.79 Å². The molecule has 2 saturated carbocycles. The molecule has 3 aromatic rings. The second kappa shape index (κ2) is 9.90. The summed E-state index contributed by atoms with van der Waals surface area (Å²) in [6, 6.07) is 14.4. The van der Waals surface area contributed by atoms with E-state index in [0.717, 1.165) is 54.1 Å². The Labute approximate surface area is 212 Å². The van der Waals surface area contributed by atoms with Gasteiger partial charge in [0.15, 0.2) is 5.82 Å². The van der Waals surface area contributed by atoms with Crippen LogP contribution < -0.4 is 10.6 Å². The van der Waals surface area contributed by atoms with Gasteiger partial charge in [-0.15, -0.1) is 0 Å². The van der Waals surface area contributed by atoms with Gasteiger partial charge in [-0.2, -0.15) is 5.10 Å². The van der Waals surface area contributed by atoms with Crippen molar-refractivity contribution in [3.8, 4) is 11.1 Å². The first-order valence-electron chi connectivity index (χ1n) is 13.2. The molecule has 1 amide bonds. The SMILES string of the molecule is O=C(Nc1cc(C2CC2)[nH]n1)C1(c2cccc(-c3ccc(NC/C=C/CN4CCCC4)nc3)c2)CC1. The number of anilines is 2. The van der Waals surface area contributed by atoms with Crippen molar-refractivity contribution in [3.05, 3.63) is 72.1 Å². The Morgan fingerprint density at radius 1 is 1.06 bits per heavy atom. The van der Waals surface area contributed by atoms with E-state index in [-0.39, 0.29) is 5.91 Å². The molecule has 0 radical (unpaired) electrons. The zero-order valence-electron chi connectivity index (χ0n) is 20.7. The molecule has 0 bridgehead atoms. The third kappa shape index (κ3) is 5.07. The van der Waals surface area contributed by atoms with Gasteiger partial charge in [0.25, 0.3) is 0 Å². The van der Waals surface area contributed by atoms with E-state index in [1.165, 1.54) is 38.8 Å². The smallest absolute Gasteiger partial charge is 0.236 e. The van der Waals surface area contributed by atoms with Crippen molar-refractivity contribution in [2.24, 2.45) is 0 Å². The maximum atomic E-state index is 13.2. The Hall–Kier alpha value is -3.45. The molecule has 3 heterocycles. The highest BCUT2D eigenvalue weighted by Gasteiger charge is 2.51. The minimum Gasteiger partial charge on any atom is -0.367 e. The number of hydrogen-bond donors (Lipinski definition) is 3. The highest BCUT2D eigenvalue weighted by molar-refractivity contribution is 6.01. The Bertz CT molecular complexity index is 1230. The van der Waals surface area contributed by atoms with E-state index in [1.807, 2.05) is 24.4 Å². The zero-order chi connectivity index (χ0) is 24.4. The fraction of sp³-hybridized carbons (Fsp3) is 0.414. The van der Waals surface area contributed by atoms with Gasteiger partial charge in [-0.3, -0.25) is 14.8 Å². The number of nitrogens with zero attached hydrogens (tertiary/aromatic N) is 3. The summed E-state index contributed by atoms with van der Waals surface area (Å²) in [4.78, 5) is 20.3. The minimum absolute atomic E-state index is 0.0314. The number of benzene rings is 1. The fourth-order valence-corrected chi connectivity index (χ4v) is 5.11. The fourth-order valence-electron chi connectivity index (χ4n) is 5.11. The van der Waals surface area contributed by atoms with Crippen molar-refractivity contribution >= 4 is 17.5 Å². The second-order valence-corrected chi connectivity index (χ2v) is 10.4. The summed E-state index contributed by atoms with van der Waals surface area (Å²) in [5.74, 6) is 2.11. The van der Waals surface area contributed by atoms with E-state index in [4.69, 9.17) is 0 Å². The average molecular weight is 483 g/mol. The van der Waals surface area contributed by atoms with Crippen molar-refractivity contribution in [1.82, 2.24) is 20.1 Å². The number of carbonyl (C=O) groups is 1. The van der Waals surface area contributed by atoms with Crippen LogP contribution in [0.25, 0.3) is 11.1 Å². The van der Waals surface area contributed by atoms with Crippen LogP contribution in [0.15, 0.2) is 60.8 Å². The molecule has 7 nitrogen and oxygen atoms in total. The second-order valence-electron chi connectivity index (χ2n) is 10.4. The Kier molecular flexibility index (Phi) is 6.32. The number of aromatic amines is 1. The third-order valence-electron chi connectivity index (χ3n) is 7.68. The van der Waals surface area contributed by atoms with E-state index >= 15 is 0 Å². The predicted octanol–water partition coefficient (Wildman–Crippen LogP) is 5.08. The summed E-state index contributed by atoms with van der Waals surface area (Å²) >= 11 is 0. The molecule has 0 spiro atoms. The lowest BCUT2D eigenvalue weighted by molar-refractivity contribution is -0.118. The molecule has 3 N–H and O–H groups in total. The van der Waals surface area contributed by atoms with Crippen LogP contribution in [0.4, 0.5) is 11.6 Å².